The Labute approximate surface area is 68.5 Å². The highest BCUT2D eigenvalue weighted by molar-refractivity contribution is 6.00. The minimum Gasteiger partial charge on any atom is -0.284 e. The van der Waals surface area contributed by atoms with Gasteiger partial charge >= 0.3 is 0 Å². The van der Waals surface area contributed by atoms with Crippen molar-refractivity contribution in [3.63, 3.8) is 0 Å². The van der Waals surface area contributed by atoms with Gasteiger partial charge in [0.15, 0.2) is 0 Å². The first kappa shape index (κ1) is 8.25. The summed E-state index contributed by atoms with van der Waals surface area (Å²) >= 11 is 0. The van der Waals surface area contributed by atoms with Crippen molar-refractivity contribution in [3.8, 4) is 0 Å². The van der Waals surface area contributed by atoms with Gasteiger partial charge in [-0.1, -0.05) is 33.4 Å². The van der Waals surface area contributed by atoms with Gasteiger partial charge in [-0.05, 0) is 11.6 Å². The van der Waals surface area contributed by atoms with E-state index in [1.807, 2.05) is 6.08 Å². The number of allylic oxidation sites excluding steroid dienone is 1. The number of hydrogen-bond donors (Lipinski definition) is 0. The molecule has 0 aliphatic carbocycles. The van der Waals surface area contributed by atoms with E-state index in [4.69, 9.17) is 0 Å². The van der Waals surface area contributed by atoms with Gasteiger partial charge in [0, 0.05) is 11.1 Å². The molecule has 0 radical (unpaired) electrons. The van der Waals surface area contributed by atoms with E-state index in [0.29, 0.717) is 0 Å². The fraction of sp³-hybridized carbons (Fsp3) is 0.500. The monoisotopic (exact) mass is 149 g/mol. The summed E-state index contributed by atoms with van der Waals surface area (Å²) in [6.07, 6.45) is 4.11. The van der Waals surface area contributed by atoms with Crippen LogP contribution in [0.2, 0.25) is 0 Å². The zero-order valence-electron chi connectivity index (χ0n) is 7.52. The summed E-state index contributed by atoms with van der Waals surface area (Å²) in [4.78, 5) is 4.41. The lowest BCUT2D eigenvalue weighted by Gasteiger charge is -2.21. The third kappa shape index (κ3) is 2.04. The summed E-state index contributed by atoms with van der Waals surface area (Å²) in [7, 11) is 0. The maximum atomic E-state index is 4.41. The van der Waals surface area contributed by atoms with Crippen LogP contribution in [-0.2, 0) is 0 Å². The third-order valence-electron chi connectivity index (χ3n) is 1.70. The molecule has 1 heterocycles. The summed E-state index contributed by atoms with van der Waals surface area (Å²) < 4.78 is 0. The van der Waals surface area contributed by atoms with Crippen LogP contribution in [0.15, 0.2) is 29.3 Å². The normalized spacial score (nSPS) is 18.5. The summed E-state index contributed by atoms with van der Waals surface area (Å²) in [6, 6.07) is 0. The molecule has 0 amide bonds. The van der Waals surface area contributed by atoms with Gasteiger partial charge in [0.25, 0.3) is 0 Å². The van der Waals surface area contributed by atoms with Gasteiger partial charge in [0.1, 0.15) is 0 Å². The summed E-state index contributed by atoms with van der Waals surface area (Å²) in [5.74, 6) is 0. The van der Waals surface area contributed by atoms with Crippen LogP contribution in [0.25, 0.3) is 0 Å². The summed E-state index contributed by atoms with van der Waals surface area (Å²) in [5.41, 5.74) is 2.44. The SMILES string of the molecule is C=C1C=CC(C(C)(C)C)=NC1. The maximum absolute atomic E-state index is 4.41. The number of nitrogens with zero attached hydrogens (tertiary/aromatic N) is 1. The van der Waals surface area contributed by atoms with Crippen molar-refractivity contribution in [1.29, 1.82) is 0 Å². The van der Waals surface area contributed by atoms with Crippen molar-refractivity contribution in [1.82, 2.24) is 0 Å². The number of rotatable bonds is 0. The fourth-order valence-electron chi connectivity index (χ4n) is 0.976. The molecule has 1 aliphatic rings. The van der Waals surface area contributed by atoms with Crippen molar-refractivity contribution >= 4 is 5.71 Å². The van der Waals surface area contributed by atoms with Gasteiger partial charge in [-0.3, -0.25) is 4.99 Å². The number of hydrogen-bond acceptors (Lipinski definition) is 1. The van der Waals surface area contributed by atoms with Crippen LogP contribution in [-0.4, -0.2) is 12.3 Å². The second kappa shape index (κ2) is 2.65. The zero-order chi connectivity index (χ0) is 8.48. The molecule has 0 saturated carbocycles. The van der Waals surface area contributed by atoms with E-state index in [9.17, 15) is 0 Å². The van der Waals surface area contributed by atoms with E-state index in [1.54, 1.807) is 0 Å². The van der Waals surface area contributed by atoms with E-state index in [1.165, 1.54) is 5.71 Å². The highest BCUT2D eigenvalue weighted by Crippen LogP contribution is 2.19. The molecule has 0 saturated heterocycles. The van der Waals surface area contributed by atoms with Gasteiger partial charge < -0.3 is 0 Å². The van der Waals surface area contributed by atoms with Crippen molar-refractivity contribution in [3.05, 3.63) is 24.3 Å². The molecule has 1 aliphatic heterocycles. The van der Waals surface area contributed by atoms with Crippen LogP contribution >= 0.6 is 0 Å². The number of dihydropyridines is 1. The molecule has 1 heteroatoms. The predicted molar refractivity (Wildman–Crippen MR) is 50.0 cm³/mol. The first-order valence-electron chi connectivity index (χ1n) is 3.91. The third-order valence-corrected chi connectivity index (χ3v) is 1.70. The molecule has 0 aromatic rings. The van der Waals surface area contributed by atoms with Crippen LogP contribution in [0.1, 0.15) is 20.8 Å². The molecule has 0 unspecified atom stereocenters. The molecule has 0 spiro atoms. The van der Waals surface area contributed by atoms with Crippen LogP contribution < -0.4 is 0 Å². The second-order valence-electron chi connectivity index (χ2n) is 3.94. The van der Waals surface area contributed by atoms with Crippen molar-refractivity contribution in [2.24, 2.45) is 10.4 Å². The number of aliphatic imine (C=N–C) groups is 1. The molecule has 0 N–H and O–H groups in total. The van der Waals surface area contributed by atoms with Crippen LogP contribution in [0.3, 0.4) is 0 Å². The first-order chi connectivity index (χ1) is 5.00. The van der Waals surface area contributed by atoms with Gasteiger partial charge in [0.2, 0.25) is 0 Å². The lowest BCUT2D eigenvalue weighted by molar-refractivity contribution is 0.591. The van der Waals surface area contributed by atoms with Gasteiger partial charge in [-0.15, -0.1) is 0 Å². The van der Waals surface area contributed by atoms with Gasteiger partial charge in [0.05, 0.1) is 6.54 Å². The van der Waals surface area contributed by atoms with E-state index in [0.717, 1.165) is 12.1 Å². The van der Waals surface area contributed by atoms with E-state index < -0.39 is 0 Å². The quantitative estimate of drug-likeness (QED) is 0.502. The smallest absolute Gasteiger partial charge is 0.0637 e. The second-order valence-corrected chi connectivity index (χ2v) is 3.94. The van der Waals surface area contributed by atoms with Crippen LogP contribution in [0.4, 0.5) is 0 Å². The summed E-state index contributed by atoms with van der Waals surface area (Å²) in [6.45, 7) is 11.1. The van der Waals surface area contributed by atoms with Gasteiger partial charge in [-0.2, -0.15) is 0 Å². The molecule has 0 aromatic carbocycles. The van der Waals surface area contributed by atoms with E-state index in [2.05, 4.69) is 38.4 Å². The maximum Gasteiger partial charge on any atom is 0.0637 e. The molecule has 11 heavy (non-hydrogen) atoms. The average Bonchev–Trinajstić information content (AvgIpc) is 1.86. The highest BCUT2D eigenvalue weighted by Gasteiger charge is 2.17. The molecule has 0 fully saturated rings. The fourth-order valence-corrected chi connectivity index (χ4v) is 0.976. The van der Waals surface area contributed by atoms with Crippen LogP contribution in [0.5, 0.6) is 0 Å². The summed E-state index contributed by atoms with van der Waals surface area (Å²) in [5, 5.41) is 0. The molecule has 0 bridgehead atoms. The molecule has 0 aromatic heterocycles. The molecular formula is C10H15N. The predicted octanol–water partition coefficient (Wildman–Crippen LogP) is 2.60. The standard InChI is InChI=1S/C10H15N/c1-8-5-6-9(11-7-8)10(2,3)4/h5-6H,1,7H2,2-4H3. The Morgan fingerprint density at radius 2 is 2.00 bits per heavy atom. The van der Waals surface area contributed by atoms with Gasteiger partial charge in [-0.25, -0.2) is 0 Å². The van der Waals surface area contributed by atoms with E-state index >= 15 is 0 Å². The molecule has 0 atom stereocenters. The van der Waals surface area contributed by atoms with Crippen molar-refractivity contribution in [2.45, 2.75) is 20.8 Å². The van der Waals surface area contributed by atoms with Crippen molar-refractivity contribution < 1.29 is 0 Å². The molecular weight excluding hydrogens is 134 g/mol. The lowest BCUT2D eigenvalue weighted by atomic mass is 9.88. The molecule has 1 rings (SSSR count). The van der Waals surface area contributed by atoms with Crippen LogP contribution in [0, 0.1) is 5.41 Å². The Kier molecular flexibility index (Phi) is 1.99. The Bertz CT molecular complexity index is 226. The Hall–Kier alpha value is -0.850. The zero-order valence-corrected chi connectivity index (χ0v) is 7.52. The average molecular weight is 149 g/mol. The molecule has 60 valence electrons. The Morgan fingerprint density at radius 1 is 1.36 bits per heavy atom. The van der Waals surface area contributed by atoms with E-state index in [-0.39, 0.29) is 5.41 Å². The minimum atomic E-state index is 0.178. The highest BCUT2D eigenvalue weighted by atomic mass is 14.8. The first-order valence-corrected chi connectivity index (χ1v) is 3.91. The largest absolute Gasteiger partial charge is 0.284 e. The lowest BCUT2D eigenvalue weighted by Crippen LogP contribution is -2.20. The molecule has 1 nitrogen and oxygen atoms in total. The Morgan fingerprint density at radius 3 is 2.36 bits per heavy atom. The minimum absolute atomic E-state index is 0.178. The van der Waals surface area contributed by atoms with Crippen molar-refractivity contribution in [2.75, 3.05) is 6.54 Å². The topological polar surface area (TPSA) is 12.4 Å². The Balaban J connectivity index is 2.79.